The molecule has 1 aromatic carbocycles. The van der Waals surface area contributed by atoms with Crippen molar-refractivity contribution in [3.8, 4) is 0 Å². The van der Waals surface area contributed by atoms with E-state index in [2.05, 4.69) is 76.4 Å². The zero-order valence-electron chi connectivity index (χ0n) is 15.9. The maximum Gasteiger partial charge on any atom is 0.137 e. The van der Waals surface area contributed by atoms with Gasteiger partial charge in [0.2, 0.25) is 0 Å². The van der Waals surface area contributed by atoms with Gasteiger partial charge < -0.3 is 0 Å². The number of hydrogen-bond donors (Lipinski definition) is 0. The van der Waals surface area contributed by atoms with Crippen LogP contribution in [-0.2, 0) is 10.8 Å². The molecule has 0 saturated heterocycles. The molecular formula is C22H25N3. The fourth-order valence-corrected chi connectivity index (χ4v) is 3.40. The number of nitrogens with zero attached hydrogens (tertiary/aromatic N) is 3. The van der Waals surface area contributed by atoms with Gasteiger partial charge in [0, 0.05) is 17.0 Å². The van der Waals surface area contributed by atoms with Crippen LogP contribution < -0.4 is 0 Å². The molecule has 0 amide bonds. The minimum atomic E-state index is -0.0595. The molecule has 0 saturated carbocycles. The summed E-state index contributed by atoms with van der Waals surface area (Å²) in [7, 11) is 0. The number of hydrogen-bond acceptors (Lipinski definition) is 2. The van der Waals surface area contributed by atoms with Gasteiger partial charge >= 0.3 is 0 Å². The number of fused-ring (bicyclic) bond motifs is 5. The summed E-state index contributed by atoms with van der Waals surface area (Å²) in [6, 6.07) is 12.8. The lowest BCUT2D eigenvalue weighted by Gasteiger charge is -2.22. The van der Waals surface area contributed by atoms with E-state index in [4.69, 9.17) is 9.97 Å². The average molecular weight is 331 g/mol. The molecule has 4 rings (SSSR count). The van der Waals surface area contributed by atoms with Crippen molar-refractivity contribution in [2.75, 3.05) is 0 Å². The second-order valence-electron chi connectivity index (χ2n) is 8.93. The van der Waals surface area contributed by atoms with Gasteiger partial charge in [0.15, 0.2) is 0 Å². The maximum absolute atomic E-state index is 5.11. The van der Waals surface area contributed by atoms with Crippen LogP contribution in [0.1, 0.15) is 52.8 Å². The zero-order valence-corrected chi connectivity index (χ0v) is 15.9. The summed E-state index contributed by atoms with van der Waals surface area (Å²) in [6.07, 6.45) is 2.08. The van der Waals surface area contributed by atoms with E-state index in [9.17, 15) is 0 Å². The quantitative estimate of drug-likeness (QED) is 0.418. The van der Waals surface area contributed by atoms with Crippen LogP contribution in [-0.4, -0.2) is 14.4 Å². The van der Waals surface area contributed by atoms with Gasteiger partial charge in [-0.25, -0.2) is 9.97 Å². The van der Waals surface area contributed by atoms with Crippen molar-refractivity contribution >= 4 is 27.6 Å². The molecule has 25 heavy (non-hydrogen) atoms. The van der Waals surface area contributed by atoms with Crippen LogP contribution in [0, 0.1) is 0 Å². The lowest BCUT2D eigenvalue weighted by atomic mass is 9.86. The van der Waals surface area contributed by atoms with E-state index in [1.807, 2.05) is 12.1 Å². The van der Waals surface area contributed by atoms with Crippen molar-refractivity contribution in [2.24, 2.45) is 0 Å². The van der Waals surface area contributed by atoms with Crippen molar-refractivity contribution < 1.29 is 0 Å². The molecule has 3 nitrogen and oxygen atoms in total. The molecule has 0 aliphatic carbocycles. The lowest BCUT2D eigenvalue weighted by molar-refractivity contribution is 0.575. The second kappa shape index (κ2) is 5.04. The fraction of sp³-hybridized carbons (Fsp3) is 0.364. The van der Waals surface area contributed by atoms with Gasteiger partial charge in [-0.1, -0.05) is 59.7 Å². The number of pyridine rings is 2. The Morgan fingerprint density at radius 3 is 2.28 bits per heavy atom. The molecule has 0 radical (unpaired) electrons. The van der Waals surface area contributed by atoms with Crippen LogP contribution in [0.25, 0.3) is 27.6 Å². The van der Waals surface area contributed by atoms with E-state index in [1.54, 1.807) is 0 Å². The summed E-state index contributed by atoms with van der Waals surface area (Å²) in [6.45, 7) is 13.4. The summed E-state index contributed by atoms with van der Waals surface area (Å²) in [5, 5.41) is 1.12. The van der Waals surface area contributed by atoms with Crippen molar-refractivity contribution in [3.63, 3.8) is 0 Å². The minimum absolute atomic E-state index is 0.0595. The molecule has 0 fully saturated rings. The van der Waals surface area contributed by atoms with E-state index in [1.165, 1.54) is 5.56 Å². The Morgan fingerprint density at radius 2 is 1.60 bits per heavy atom. The van der Waals surface area contributed by atoms with Gasteiger partial charge in [-0.05, 0) is 29.2 Å². The second-order valence-corrected chi connectivity index (χ2v) is 8.93. The molecule has 0 unspecified atom stereocenters. The summed E-state index contributed by atoms with van der Waals surface area (Å²) in [4.78, 5) is 10.0. The molecule has 128 valence electrons. The van der Waals surface area contributed by atoms with Crippen molar-refractivity contribution in [3.05, 3.63) is 53.9 Å². The first-order chi connectivity index (χ1) is 11.7. The van der Waals surface area contributed by atoms with Gasteiger partial charge in [0.05, 0.1) is 16.7 Å². The fourth-order valence-electron chi connectivity index (χ4n) is 3.40. The van der Waals surface area contributed by atoms with Gasteiger partial charge in [-0.2, -0.15) is 0 Å². The molecule has 4 aromatic rings. The molecule has 3 heterocycles. The van der Waals surface area contributed by atoms with Crippen LogP contribution >= 0.6 is 0 Å². The SMILES string of the molecule is CC(C)(C)c1ccc2c(c1)nc(C(C)(C)C)c1c2nc2ccccn21. The smallest absolute Gasteiger partial charge is 0.137 e. The topological polar surface area (TPSA) is 30.2 Å². The monoisotopic (exact) mass is 331 g/mol. The number of rotatable bonds is 0. The summed E-state index contributed by atoms with van der Waals surface area (Å²) in [5.74, 6) is 0. The molecule has 0 atom stereocenters. The predicted molar refractivity (Wildman–Crippen MR) is 105 cm³/mol. The Balaban J connectivity index is 2.21. The Morgan fingerprint density at radius 1 is 0.840 bits per heavy atom. The third-order valence-corrected chi connectivity index (χ3v) is 4.82. The molecular weight excluding hydrogens is 306 g/mol. The number of benzene rings is 1. The average Bonchev–Trinajstić information content (AvgIpc) is 2.91. The van der Waals surface area contributed by atoms with E-state index < -0.39 is 0 Å². The van der Waals surface area contributed by atoms with E-state index >= 15 is 0 Å². The Hall–Kier alpha value is -2.42. The molecule has 0 aliphatic heterocycles. The summed E-state index contributed by atoms with van der Waals surface area (Å²) >= 11 is 0. The summed E-state index contributed by atoms with van der Waals surface area (Å²) < 4.78 is 2.17. The van der Waals surface area contributed by atoms with Crippen LogP contribution in [0.4, 0.5) is 0 Å². The highest BCUT2D eigenvalue weighted by Gasteiger charge is 2.24. The Bertz CT molecular complexity index is 1110. The van der Waals surface area contributed by atoms with E-state index in [-0.39, 0.29) is 10.8 Å². The minimum Gasteiger partial charge on any atom is -0.298 e. The first-order valence-electron chi connectivity index (χ1n) is 8.88. The van der Waals surface area contributed by atoms with Crippen LogP contribution in [0.15, 0.2) is 42.6 Å². The first kappa shape index (κ1) is 16.1. The Kier molecular flexibility index (Phi) is 3.24. The maximum atomic E-state index is 5.11. The number of aromatic nitrogens is 3. The highest BCUT2D eigenvalue weighted by Crippen LogP contribution is 2.35. The molecule has 3 heteroatoms. The van der Waals surface area contributed by atoms with E-state index in [0.29, 0.717) is 0 Å². The van der Waals surface area contributed by atoms with Crippen molar-refractivity contribution in [1.29, 1.82) is 0 Å². The lowest BCUT2D eigenvalue weighted by Crippen LogP contribution is -2.16. The van der Waals surface area contributed by atoms with Crippen LogP contribution in [0.3, 0.4) is 0 Å². The molecule has 0 bridgehead atoms. The van der Waals surface area contributed by atoms with Crippen molar-refractivity contribution in [1.82, 2.24) is 14.4 Å². The highest BCUT2D eigenvalue weighted by molar-refractivity contribution is 6.05. The molecule has 0 N–H and O–H groups in total. The largest absolute Gasteiger partial charge is 0.298 e. The zero-order chi connectivity index (χ0) is 18.0. The van der Waals surface area contributed by atoms with Crippen LogP contribution in [0.5, 0.6) is 0 Å². The predicted octanol–water partition coefficient (Wildman–Crippen LogP) is 5.63. The molecule has 0 aliphatic rings. The van der Waals surface area contributed by atoms with Crippen LogP contribution in [0.2, 0.25) is 0 Å². The third kappa shape index (κ3) is 2.50. The van der Waals surface area contributed by atoms with E-state index in [0.717, 1.165) is 33.3 Å². The molecule has 0 spiro atoms. The standard InChI is InChI=1S/C22H25N3/c1-21(2,3)14-10-11-15-16(13-14)23-20(22(4,5)6)19-18(15)24-17-9-7-8-12-25(17)19/h7-13H,1-6H3. The van der Waals surface area contributed by atoms with Gasteiger partial charge in [0.25, 0.3) is 0 Å². The van der Waals surface area contributed by atoms with Crippen molar-refractivity contribution in [2.45, 2.75) is 52.4 Å². The summed E-state index contributed by atoms with van der Waals surface area (Å²) in [5.41, 5.74) is 6.61. The highest BCUT2D eigenvalue weighted by atomic mass is 15.0. The first-order valence-corrected chi connectivity index (χ1v) is 8.88. The number of imidazole rings is 1. The van der Waals surface area contributed by atoms with Gasteiger partial charge in [-0.3, -0.25) is 4.40 Å². The third-order valence-electron chi connectivity index (χ3n) is 4.82. The van der Waals surface area contributed by atoms with Gasteiger partial charge in [0.1, 0.15) is 11.2 Å². The molecule has 3 aromatic heterocycles. The Labute approximate surface area is 148 Å². The normalized spacial score (nSPS) is 13.2. The van der Waals surface area contributed by atoms with Gasteiger partial charge in [-0.15, -0.1) is 0 Å².